The van der Waals surface area contributed by atoms with E-state index in [1.54, 1.807) is 13.2 Å². The lowest BCUT2D eigenvalue weighted by Gasteiger charge is -2.10. The van der Waals surface area contributed by atoms with Gasteiger partial charge in [-0.15, -0.1) is 0 Å². The molecule has 19 heavy (non-hydrogen) atoms. The van der Waals surface area contributed by atoms with E-state index in [1.165, 1.54) is 0 Å². The van der Waals surface area contributed by atoms with Crippen LogP contribution in [0.25, 0.3) is 11.5 Å². The van der Waals surface area contributed by atoms with E-state index in [2.05, 4.69) is 34.2 Å². The Hall–Kier alpha value is -2.21. The van der Waals surface area contributed by atoms with Gasteiger partial charge in [-0.2, -0.15) is 0 Å². The fourth-order valence-electron chi connectivity index (χ4n) is 1.60. The Morgan fingerprint density at radius 3 is 2.63 bits per heavy atom. The van der Waals surface area contributed by atoms with E-state index >= 15 is 0 Å². The maximum Gasteiger partial charge on any atom is 0.213 e. The van der Waals surface area contributed by atoms with Crippen LogP contribution in [0.4, 0.5) is 5.82 Å². The first-order valence-electron chi connectivity index (χ1n) is 6.01. The minimum absolute atomic E-state index is 0.277. The molecule has 0 aromatic carbocycles. The van der Waals surface area contributed by atoms with Gasteiger partial charge >= 0.3 is 0 Å². The number of hydrogen-bond acceptors (Lipinski definition) is 6. The molecule has 2 aromatic rings. The number of ether oxygens (including phenoxy) is 1. The third kappa shape index (κ3) is 2.97. The summed E-state index contributed by atoms with van der Waals surface area (Å²) in [5, 5.41) is 0. The highest BCUT2D eigenvalue weighted by molar-refractivity contribution is 5.53. The monoisotopic (exact) mass is 259 g/mol. The Morgan fingerprint density at radius 2 is 2.00 bits per heavy atom. The van der Waals surface area contributed by atoms with Gasteiger partial charge < -0.3 is 10.2 Å². The minimum atomic E-state index is 0.277. The molecular formula is C13H17N5O. The number of nitrogen functional groups attached to an aromatic ring is 1. The van der Waals surface area contributed by atoms with Crippen LogP contribution in [0.15, 0.2) is 24.3 Å². The first-order chi connectivity index (χ1) is 9.13. The Labute approximate surface area is 112 Å². The standard InChI is InChI=1S/C13H17N5O/c1-8(2)10-7-11(18-14)17-13(16-10)9-5-4-6-12(15-9)19-3/h4-8H,14H2,1-3H3,(H,16,17,18). The highest BCUT2D eigenvalue weighted by Gasteiger charge is 2.10. The van der Waals surface area contributed by atoms with E-state index in [0.29, 0.717) is 23.2 Å². The van der Waals surface area contributed by atoms with Gasteiger partial charge in [-0.1, -0.05) is 19.9 Å². The maximum absolute atomic E-state index is 5.44. The van der Waals surface area contributed by atoms with E-state index < -0.39 is 0 Å². The Balaban J connectivity index is 2.50. The summed E-state index contributed by atoms with van der Waals surface area (Å²) < 4.78 is 5.10. The molecular weight excluding hydrogens is 242 g/mol. The second-order valence-corrected chi connectivity index (χ2v) is 4.37. The zero-order chi connectivity index (χ0) is 13.8. The SMILES string of the molecule is COc1cccc(-c2nc(NN)cc(C(C)C)n2)n1. The number of pyridine rings is 1. The summed E-state index contributed by atoms with van der Waals surface area (Å²) >= 11 is 0. The lowest BCUT2D eigenvalue weighted by atomic mass is 10.1. The van der Waals surface area contributed by atoms with E-state index in [0.717, 1.165) is 5.69 Å². The van der Waals surface area contributed by atoms with Crippen LogP contribution in [0, 0.1) is 0 Å². The summed E-state index contributed by atoms with van der Waals surface area (Å²) in [5.41, 5.74) is 4.11. The first kappa shape index (κ1) is 13.2. The highest BCUT2D eigenvalue weighted by atomic mass is 16.5. The largest absolute Gasteiger partial charge is 0.481 e. The van der Waals surface area contributed by atoms with Gasteiger partial charge in [0.05, 0.1) is 7.11 Å². The van der Waals surface area contributed by atoms with Crippen molar-refractivity contribution in [3.63, 3.8) is 0 Å². The van der Waals surface area contributed by atoms with Crippen molar-refractivity contribution in [1.29, 1.82) is 0 Å². The molecule has 0 saturated heterocycles. The Morgan fingerprint density at radius 1 is 1.21 bits per heavy atom. The van der Waals surface area contributed by atoms with Crippen LogP contribution in [0.5, 0.6) is 5.88 Å². The molecule has 2 heterocycles. The molecule has 0 bridgehead atoms. The van der Waals surface area contributed by atoms with Crippen molar-refractivity contribution in [3.05, 3.63) is 30.0 Å². The lowest BCUT2D eigenvalue weighted by Crippen LogP contribution is -2.11. The topological polar surface area (TPSA) is 86.0 Å². The summed E-state index contributed by atoms with van der Waals surface area (Å²) in [5.74, 6) is 7.33. The molecule has 6 heteroatoms. The predicted molar refractivity (Wildman–Crippen MR) is 73.7 cm³/mol. The number of hydrazine groups is 1. The number of methoxy groups -OCH3 is 1. The molecule has 0 fully saturated rings. The number of nitrogens with two attached hydrogens (primary N) is 1. The smallest absolute Gasteiger partial charge is 0.213 e. The second kappa shape index (κ2) is 5.62. The number of nitrogens with zero attached hydrogens (tertiary/aromatic N) is 3. The van der Waals surface area contributed by atoms with E-state index in [4.69, 9.17) is 10.6 Å². The Kier molecular flexibility index (Phi) is 3.91. The van der Waals surface area contributed by atoms with Crippen molar-refractivity contribution in [2.45, 2.75) is 19.8 Å². The van der Waals surface area contributed by atoms with Gasteiger partial charge in [0, 0.05) is 17.8 Å². The van der Waals surface area contributed by atoms with Crippen molar-refractivity contribution in [2.75, 3.05) is 12.5 Å². The zero-order valence-electron chi connectivity index (χ0n) is 11.2. The van der Waals surface area contributed by atoms with Gasteiger partial charge in [0.1, 0.15) is 11.5 Å². The van der Waals surface area contributed by atoms with Crippen LogP contribution in [-0.2, 0) is 0 Å². The first-order valence-corrected chi connectivity index (χ1v) is 6.01. The van der Waals surface area contributed by atoms with Crippen LogP contribution in [0.3, 0.4) is 0 Å². The van der Waals surface area contributed by atoms with Gasteiger partial charge in [-0.05, 0) is 12.0 Å². The van der Waals surface area contributed by atoms with Crippen LogP contribution >= 0.6 is 0 Å². The predicted octanol–water partition coefficient (Wildman–Crippen LogP) is 1.96. The second-order valence-electron chi connectivity index (χ2n) is 4.37. The van der Waals surface area contributed by atoms with Crippen molar-refractivity contribution < 1.29 is 4.74 Å². The number of nitrogens with one attached hydrogen (secondary N) is 1. The summed E-state index contributed by atoms with van der Waals surface area (Å²) in [4.78, 5) is 13.1. The van der Waals surface area contributed by atoms with Crippen molar-refractivity contribution in [1.82, 2.24) is 15.0 Å². The molecule has 100 valence electrons. The molecule has 0 spiro atoms. The molecule has 0 amide bonds. The molecule has 3 N–H and O–H groups in total. The number of rotatable bonds is 4. The van der Waals surface area contributed by atoms with E-state index in [1.807, 2.05) is 18.2 Å². The summed E-state index contributed by atoms with van der Waals surface area (Å²) in [6, 6.07) is 7.29. The molecule has 0 atom stereocenters. The molecule has 2 rings (SSSR count). The maximum atomic E-state index is 5.44. The van der Waals surface area contributed by atoms with Gasteiger partial charge in [0.15, 0.2) is 5.82 Å². The van der Waals surface area contributed by atoms with Crippen LogP contribution in [0.1, 0.15) is 25.5 Å². The molecule has 0 radical (unpaired) electrons. The normalized spacial score (nSPS) is 10.6. The number of hydrogen-bond donors (Lipinski definition) is 2. The molecule has 0 unspecified atom stereocenters. The number of anilines is 1. The van der Waals surface area contributed by atoms with Gasteiger partial charge in [0.25, 0.3) is 0 Å². The molecule has 0 aliphatic heterocycles. The van der Waals surface area contributed by atoms with E-state index in [-0.39, 0.29) is 5.92 Å². The highest BCUT2D eigenvalue weighted by Crippen LogP contribution is 2.21. The summed E-state index contributed by atoms with van der Waals surface area (Å²) in [7, 11) is 1.57. The summed E-state index contributed by atoms with van der Waals surface area (Å²) in [6.45, 7) is 4.12. The summed E-state index contributed by atoms with van der Waals surface area (Å²) in [6.07, 6.45) is 0. The quantitative estimate of drug-likeness (QED) is 0.644. The fourth-order valence-corrected chi connectivity index (χ4v) is 1.60. The fraction of sp³-hybridized carbons (Fsp3) is 0.308. The molecule has 0 aliphatic carbocycles. The third-order valence-electron chi connectivity index (χ3n) is 2.65. The Bertz CT molecular complexity index is 571. The lowest BCUT2D eigenvalue weighted by molar-refractivity contribution is 0.398. The van der Waals surface area contributed by atoms with E-state index in [9.17, 15) is 0 Å². The van der Waals surface area contributed by atoms with Gasteiger partial charge in [-0.3, -0.25) is 0 Å². The molecule has 0 aliphatic rings. The average molecular weight is 259 g/mol. The zero-order valence-corrected chi connectivity index (χ0v) is 11.2. The molecule has 6 nitrogen and oxygen atoms in total. The van der Waals surface area contributed by atoms with Crippen molar-refractivity contribution >= 4 is 5.82 Å². The van der Waals surface area contributed by atoms with Crippen molar-refractivity contribution in [2.24, 2.45) is 5.84 Å². The van der Waals surface area contributed by atoms with Crippen LogP contribution < -0.4 is 16.0 Å². The van der Waals surface area contributed by atoms with Gasteiger partial charge in [-0.25, -0.2) is 20.8 Å². The number of aromatic nitrogens is 3. The molecule has 0 saturated carbocycles. The third-order valence-corrected chi connectivity index (χ3v) is 2.65. The minimum Gasteiger partial charge on any atom is -0.481 e. The van der Waals surface area contributed by atoms with Gasteiger partial charge in [0.2, 0.25) is 5.88 Å². The van der Waals surface area contributed by atoms with Crippen molar-refractivity contribution in [3.8, 4) is 17.4 Å². The molecule has 2 aromatic heterocycles. The van der Waals surface area contributed by atoms with Crippen LogP contribution in [-0.4, -0.2) is 22.1 Å². The van der Waals surface area contributed by atoms with Crippen LogP contribution in [0.2, 0.25) is 0 Å². The average Bonchev–Trinajstić information content (AvgIpc) is 2.46.